The minimum Gasteiger partial charge on any atom is -0.300 e. The van der Waals surface area contributed by atoms with Crippen molar-refractivity contribution in [2.24, 2.45) is 16.0 Å². The average Bonchev–Trinajstić information content (AvgIpc) is 2.14. The van der Waals surface area contributed by atoms with E-state index in [2.05, 4.69) is 17.2 Å². The second-order valence-electron chi connectivity index (χ2n) is 1.62. The van der Waals surface area contributed by atoms with E-state index in [9.17, 15) is 0 Å². The Hall–Kier alpha value is -0.0900. The summed E-state index contributed by atoms with van der Waals surface area (Å²) < 4.78 is 0. The van der Waals surface area contributed by atoms with Crippen molar-refractivity contribution >= 4 is 11.8 Å². The summed E-state index contributed by atoms with van der Waals surface area (Å²) in [6.45, 7) is 2.08. The highest BCUT2D eigenvalue weighted by atomic mass is 32.2. The van der Waals surface area contributed by atoms with Gasteiger partial charge in [0.25, 0.3) is 0 Å². The largest absolute Gasteiger partial charge is 0.300 e. The van der Waals surface area contributed by atoms with Gasteiger partial charge in [-0.25, -0.2) is 0 Å². The molecule has 0 saturated heterocycles. The SMILES string of the molecule is CCC1N=NC(N)S1. The van der Waals surface area contributed by atoms with Gasteiger partial charge in [0.05, 0.1) is 0 Å². The first kappa shape index (κ1) is 6.04. The lowest BCUT2D eigenvalue weighted by Gasteiger charge is -1.97. The molecule has 2 unspecified atom stereocenters. The molecule has 0 bridgehead atoms. The third-order valence-corrected chi connectivity index (χ3v) is 2.07. The van der Waals surface area contributed by atoms with Crippen molar-refractivity contribution < 1.29 is 0 Å². The maximum Gasteiger partial charge on any atom is 0.167 e. The number of hydrogen-bond donors (Lipinski definition) is 1. The fraction of sp³-hybridized carbons (Fsp3) is 1.00. The van der Waals surface area contributed by atoms with E-state index in [1.165, 1.54) is 0 Å². The predicted octanol–water partition coefficient (Wildman–Crippen LogP) is 1.16. The third kappa shape index (κ3) is 1.20. The maximum absolute atomic E-state index is 5.40. The molecular formula is C4H9N3S. The molecule has 0 aliphatic carbocycles. The number of azo groups is 1. The Kier molecular flexibility index (Phi) is 1.85. The van der Waals surface area contributed by atoms with Crippen molar-refractivity contribution in [2.45, 2.75) is 24.2 Å². The molecule has 8 heavy (non-hydrogen) atoms. The van der Waals surface area contributed by atoms with Crippen LogP contribution in [0.4, 0.5) is 0 Å². The molecule has 2 N–H and O–H groups in total. The van der Waals surface area contributed by atoms with Crippen molar-refractivity contribution in [3.8, 4) is 0 Å². The van der Waals surface area contributed by atoms with Crippen LogP contribution in [0, 0.1) is 0 Å². The lowest BCUT2D eigenvalue weighted by atomic mass is 10.5. The molecule has 1 heterocycles. The van der Waals surface area contributed by atoms with Crippen molar-refractivity contribution in [1.82, 2.24) is 0 Å². The summed E-state index contributed by atoms with van der Waals surface area (Å²) in [5.41, 5.74) is 5.31. The first-order chi connectivity index (χ1) is 3.83. The van der Waals surface area contributed by atoms with Crippen LogP contribution in [0.5, 0.6) is 0 Å². The Morgan fingerprint density at radius 3 is 2.62 bits per heavy atom. The van der Waals surface area contributed by atoms with Crippen LogP contribution in [0.1, 0.15) is 13.3 Å². The minimum atomic E-state index is -0.0973. The lowest BCUT2D eigenvalue weighted by molar-refractivity contribution is 0.809. The standard InChI is InChI=1S/C4H9N3S/c1-2-3-6-7-4(5)8-3/h3-4H,2,5H2,1H3. The monoisotopic (exact) mass is 131 g/mol. The number of nitrogens with zero attached hydrogens (tertiary/aromatic N) is 2. The number of thioether (sulfide) groups is 1. The van der Waals surface area contributed by atoms with Crippen LogP contribution >= 0.6 is 11.8 Å². The molecule has 0 radical (unpaired) electrons. The van der Waals surface area contributed by atoms with Gasteiger partial charge in [-0.3, -0.25) is 5.73 Å². The van der Waals surface area contributed by atoms with Gasteiger partial charge in [-0.2, -0.15) is 10.2 Å². The van der Waals surface area contributed by atoms with Gasteiger partial charge in [-0.15, -0.1) is 0 Å². The topological polar surface area (TPSA) is 50.7 Å². The Bertz CT molecular complexity index is 103. The zero-order chi connectivity index (χ0) is 5.98. The van der Waals surface area contributed by atoms with Crippen molar-refractivity contribution in [3.05, 3.63) is 0 Å². The van der Waals surface area contributed by atoms with Crippen LogP contribution in [0.25, 0.3) is 0 Å². The van der Waals surface area contributed by atoms with E-state index in [1.54, 1.807) is 11.8 Å². The lowest BCUT2D eigenvalue weighted by Crippen LogP contribution is -2.09. The summed E-state index contributed by atoms with van der Waals surface area (Å²) in [4.78, 5) is 0. The third-order valence-electron chi connectivity index (χ3n) is 0.955. The fourth-order valence-corrected chi connectivity index (χ4v) is 1.27. The van der Waals surface area contributed by atoms with E-state index in [0.29, 0.717) is 5.37 Å². The van der Waals surface area contributed by atoms with Gasteiger partial charge in [0.15, 0.2) is 5.50 Å². The highest BCUT2D eigenvalue weighted by molar-refractivity contribution is 8.00. The summed E-state index contributed by atoms with van der Waals surface area (Å²) >= 11 is 1.61. The molecule has 46 valence electrons. The molecule has 1 rings (SSSR count). The van der Waals surface area contributed by atoms with Crippen LogP contribution in [0.3, 0.4) is 0 Å². The Morgan fingerprint density at radius 1 is 1.62 bits per heavy atom. The van der Waals surface area contributed by atoms with Crippen LogP contribution in [-0.2, 0) is 0 Å². The quantitative estimate of drug-likeness (QED) is 0.580. The minimum absolute atomic E-state index is 0.0973. The molecule has 4 heteroatoms. The Morgan fingerprint density at radius 2 is 2.38 bits per heavy atom. The van der Waals surface area contributed by atoms with Gasteiger partial charge in [0, 0.05) is 0 Å². The maximum atomic E-state index is 5.40. The summed E-state index contributed by atoms with van der Waals surface area (Å²) in [6.07, 6.45) is 1.03. The van der Waals surface area contributed by atoms with Crippen LogP contribution < -0.4 is 5.73 Å². The molecule has 0 aromatic carbocycles. The normalized spacial score (nSPS) is 36.2. The average molecular weight is 131 g/mol. The van der Waals surface area contributed by atoms with Gasteiger partial charge >= 0.3 is 0 Å². The van der Waals surface area contributed by atoms with Gasteiger partial charge in [-0.1, -0.05) is 18.7 Å². The highest BCUT2D eigenvalue weighted by Crippen LogP contribution is 2.25. The molecule has 0 aromatic rings. The molecule has 0 amide bonds. The highest BCUT2D eigenvalue weighted by Gasteiger charge is 2.16. The number of nitrogens with two attached hydrogens (primary N) is 1. The van der Waals surface area contributed by atoms with E-state index in [-0.39, 0.29) is 5.50 Å². The molecule has 0 fully saturated rings. The van der Waals surface area contributed by atoms with Crippen molar-refractivity contribution in [2.75, 3.05) is 0 Å². The fourth-order valence-electron chi connectivity index (χ4n) is 0.533. The second kappa shape index (κ2) is 2.46. The van der Waals surface area contributed by atoms with E-state index >= 15 is 0 Å². The molecule has 0 saturated carbocycles. The van der Waals surface area contributed by atoms with Gasteiger partial charge in [-0.05, 0) is 6.42 Å². The van der Waals surface area contributed by atoms with Gasteiger partial charge in [0.1, 0.15) is 5.37 Å². The van der Waals surface area contributed by atoms with Crippen molar-refractivity contribution in [3.63, 3.8) is 0 Å². The summed E-state index contributed by atoms with van der Waals surface area (Å²) in [5.74, 6) is 0. The zero-order valence-electron chi connectivity index (χ0n) is 4.74. The molecule has 1 aliphatic heterocycles. The Balaban J connectivity index is 2.34. The van der Waals surface area contributed by atoms with E-state index < -0.39 is 0 Å². The smallest absolute Gasteiger partial charge is 0.167 e. The molecular weight excluding hydrogens is 122 g/mol. The van der Waals surface area contributed by atoms with Crippen LogP contribution in [0.2, 0.25) is 0 Å². The number of hydrogen-bond acceptors (Lipinski definition) is 4. The van der Waals surface area contributed by atoms with Crippen molar-refractivity contribution in [1.29, 1.82) is 0 Å². The van der Waals surface area contributed by atoms with Crippen LogP contribution in [-0.4, -0.2) is 10.9 Å². The van der Waals surface area contributed by atoms with E-state index in [4.69, 9.17) is 5.73 Å². The molecule has 1 aliphatic rings. The first-order valence-electron chi connectivity index (χ1n) is 2.64. The molecule has 0 aromatic heterocycles. The molecule has 0 spiro atoms. The zero-order valence-corrected chi connectivity index (χ0v) is 5.56. The summed E-state index contributed by atoms with van der Waals surface area (Å²) in [7, 11) is 0. The molecule has 2 atom stereocenters. The summed E-state index contributed by atoms with van der Waals surface area (Å²) in [6, 6.07) is 0. The van der Waals surface area contributed by atoms with E-state index in [0.717, 1.165) is 6.42 Å². The Labute approximate surface area is 52.7 Å². The first-order valence-corrected chi connectivity index (χ1v) is 3.58. The summed E-state index contributed by atoms with van der Waals surface area (Å²) in [5, 5.41) is 7.98. The van der Waals surface area contributed by atoms with Crippen LogP contribution in [0.15, 0.2) is 10.2 Å². The van der Waals surface area contributed by atoms with Gasteiger partial charge < -0.3 is 0 Å². The van der Waals surface area contributed by atoms with Gasteiger partial charge in [0.2, 0.25) is 0 Å². The second-order valence-corrected chi connectivity index (χ2v) is 2.92. The molecule has 3 nitrogen and oxygen atoms in total. The number of rotatable bonds is 1. The predicted molar refractivity (Wildman–Crippen MR) is 34.5 cm³/mol. The van der Waals surface area contributed by atoms with E-state index in [1.807, 2.05) is 0 Å².